The number of thiophene rings is 1. The summed E-state index contributed by atoms with van der Waals surface area (Å²) in [7, 11) is 0. The van der Waals surface area contributed by atoms with Gasteiger partial charge in [-0.15, -0.1) is 16.4 Å². The number of hydrogen-bond donors (Lipinski definition) is 1. The fourth-order valence-corrected chi connectivity index (χ4v) is 4.19. The van der Waals surface area contributed by atoms with E-state index in [0.717, 1.165) is 43.1 Å². The van der Waals surface area contributed by atoms with Gasteiger partial charge in [-0.3, -0.25) is 0 Å². The Kier molecular flexibility index (Phi) is 5.97. The molecule has 0 spiro atoms. The lowest BCUT2D eigenvalue weighted by Crippen LogP contribution is -2.22. The zero-order valence-electron chi connectivity index (χ0n) is 18.4. The number of fused-ring (bicyclic) bond motifs is 3. The molecule has 9 heteroatoms. The van der Waals surface area contributed by atoms with Crippen molar-refractivity contribution in [1.82, 2.24) is 25.1 Å². The van der Waals surface area contributed by atoms with E-state index in [9.17, 15) is 0 Å². The Bertz CT molecular complexity index is 1200. The van der Waals surface area contributed by atoms with E-state index in [1.807, 2.05) is 39.8 Å². The van der Waals surface area contributed by atoms with Crippen LogP contribution in [-0.4, -0.2) is 44.0 Å². The Morgan fingerprint density at radius 3 is 2.61 bits per heavy atom. The highest BCUT2D eigenvalue weighted by atomic mass is 32.1. The molecule has 0 saturated heterocycles. The predicted molar refractivity (Wildman–Crippen MR) is 123 cm³/mol. The first kappa shape index (κ1) is 21.3. The fourth-order valence-electron chi connectivity index (χ4n) is 3.09. The van der Waals surface area contributed by atoms with Crippen LogP contribution < -0.4 is 10.1 Å². The van der Waals surface area contributed by atoms with Crippen molar-refractivity contribution in [3.63, 3.8) is 0 Å². The van der Waals surface area contributed by atoms with Gasteiger partial charge in [0, 0.05) is 24.2 Å². The van der Waals surface area contributed by atoms with Crippen molar-refractivity contribution in [3.8, 4) is 5.88 Å². The Balaban J connectivity index is 1.43. The minimum absolute atomic E-state index is 0.169. The Morgan fingerprint density at radius 2 is 1.87 bits per heavy atom. The van der Waals surface area contributed by atoms with E-state index in [0.29, 0.717) is 25.6 Å². The molecule has 4 rings (SSSR count). The second-order valence-corrected chi connectivity index (χ2v) is 9.26. The summed E-state index contributed by atoms with van der Waals surface area (Å²) in [6, 6.07) is 3.85. The van der Waals surface area contributed by atoms with Crippen LogP contribution in [0.25, 0.3) is 20.4 Å². The molecule has 0 radical (unpaired) electrons. The molecule has 0 aromatic carbocycles. The molecule has 4 aromatic rings. The van der Waals surface area contributed by atoms with Gasteiger partial charge in [0.1, 0.15) is 23.6 Å². The summed E-state index contributed by atoms with van der Waals surface area (Å²) in [5.74, 6) is 1.37. The summed E-state index contributed by atoms with van der Waals surface area (Å²) < 4.78 is 12.3. The first-order chi connectivity index (χ1) is 14.8. The molecule has 0 atom stereocenters. The van der Waals surface area contributed by atoms with E-state index < -0.39 is 0 Å². The van der Waals surface area contributed by atoms with Gasteiger partial charge in [-0.2, -0.15) is 5.10 Å². The average molecular weight is 439 g/mol. The quantitative estimate of drug-likeness (QED) is 0.423. The van der Waals surface area contributed by atoms with E-state index in [2.05, 4.69) is 37.4 Å². The number of aryl methyl sites for hydroxylation is 2. The third kappa shape index (κ3) is 4.88. The van der Waals surface area contributed by atoms with Crippen LogP contribution in [-0.2, 0) is 11.3 Å². The summed E-state index contributed by atoms with van der Waals surface area (Å²) in [5, 5.41) is 13.0. The van der Waals surface area contributed by atoms with Crippen molar-refractivity contribution in [3.05, 3.63) is 41.5 Å². The first-order valence-electron chi connectivity index (χ1n) is 10.1. The van der Waals surface area contributed by atoms with Crippen LogP contribution in [0.4, 0.5) is 5.82 Å². The number of nitrogens with one attached hydrogen (secondary N) is 1. The largest absolute Gasteiger partial charge is 0.475 e. The molecule has 0 aliphatic rings. The van der Waals surface area contributed by atoms with Crippen LogP contribution in [0.1, 0.15) is 37.6 Å². The molecule has 1 N–H and O–H groups in total. The molecule has 8 nitrogen and oxygen atoms in total. The predicted octanol–water partition coefficient (Wildman–Crippen LogP) is 4.45. The maximum Gasteiger partial charge on any atom is 0.213 e. The van der Waals surface area contributed by atoms with Crippen molar-refractivity contribution in [2.45, 2.75) is 46.8 Å². The van der Waals surface area contributed by atoms with Gasteiger partial charge in [0.25, 0.3) is 0 Å². The molecule has 162 valence electrons. The molecule has 0 aliphatic carbocycles. The second kappa shape index (κ2) is 8.68. The molecule has 4 aromatic heterocycles. The van der Waals surface area contributed by atoms with Gasteiger partial charge in [-0.25, -0.2) is 15.0 Å². The Morgan fingerprint density at radius 1 is 1.03 bits per heavy atom. The van der Waals surface area contributed by atoms with Crippen LogP contribution >= 0.6 is 11.3 Å². The Labute approximate surface area is 185 Å². The van der Waals surface area contributed by atoms with E-state index in [1.54, 1.807) is 23.9 Å². The van der Waals surface area contributed by atoms with Crippen molar-refractivity contribution < 1.29 is 9.47 Å². The van der Waals surface area contributed by atoms with Crippen LogP contribution in [0, 0.1) is 13.8 Å². The minimum Gasteiger partial charge on any atom is -0.475 e. The van der Waals surface area contributed by atoms with Gasteiger partial charge in [0.15, 0.2) is 0 Å². The van der Waals surface area contributed by atoms with Gasteiger partial charge in [-0.1, -0.05) is 6.07 Å². The Hall–Kier alpha value is -2.91. The normalized spacial score (nSPS) is 11.9. The number of hydrogen-bond acceptors (Lipinski definition) is 9. The lowest BCUT2D eigenvalue weighted by atomic mass is 10.1. The summed E-state index contributed by atoms with van der Waals surface area (Å²) >= 11 is 1.55. The van der Waals surface area contributed by atoms with Gasteiger partial charge >= 0.3 is 0 Å². The van der Waals surface area contributed by atoms with Gasteiger partial charge < -0.3 is 14.8 Å². The molecule has 0 amide bonds. The molecule has 0 saturated carbocycles. The minimum atomic E-state index is -0.169. The average Bonchev–Trinajstić information content (AvgIpc) is 3.12. The van der Waals surface area contributed by atoms with Crippen molar-refractivity contribution in [2.24, 2.45) is 0 Å². The fraction of sp³-hybridized carbons (Fsp3) is 0.409. The maximum absolute atomic E-state index is 5.65. The number of pyridine rings is 1. The summed E-state index contributed by atoms with van der Waals surface area (Å²) in [5.41, 5.74) is 3.79. The zero-order chi connectivity index (χ0) is 22.0. The number of rotatable bonds is 7. The lowest BCUT2D eigenvalue weighted by molar-refractivity contribution is -0.0168. The van der Waals surface area contributed by atoms with E-state index >= 15 is 0 Å². The number of anilines is 1. The van der Waals surface area contributed by atoms with Crippen LogP contribution in [0.15, 0.2) is 24.7 Å². The topological polar surface area (TPSA) is 94.9 Å². The van der Waals surface area contributed by atoms with E-state index in [1.165, 1.54) is 0 Å². The molecule has 0 unspecified atom stereocenters. The van der Waals surface area contributed by atoms with Gasteiger partial charge in [0.05, 0.1) is 28.1 Å². The molecule has 0 aliphatic heterocycles. The molecule has 0 fully saturated rings. The third-order valence-electron chi connectivity index (χ3n) is 4.79. The van der Waals surface area contributed by atoms with Crippen molar-refractivity contribution in [2.75, 3.05) is 18.5 Å². The monoisotopic (exact) mass is 438 g/mol. The smallest absolute Gasteiger partial charge is 0.213 e. The number of ether oxygens (including phenoxy) is 2. The third-order valence-corrected chi connectivity index (χ3v) is 5.86. The summed E-state index contributed by atoms with van der Waals surface area (Å²) in [6.45, 7) is 11.7. The summed E-state index contributed by atoms with van der Waals surface area (Å²) in [6.07, 6.45) is 3.39. The summed E-state index contributed by atoms with van der Waals surface area (Å²) in [4.78, 5) is 14.2. The lowest BCUT2D eigenvalue weighted by Gasteiger charge is -2.19. The van der Waals surface area contributed by atoms with Crippen LogP contribution in [0.5, 0.6) is 5.88 Å². The van der Waals surface area contributed by atoms with Crippen LogP contribution in [0.3, 0.4) is 0 Å². The molecule has 31 heavy (non-hydrogen) atoms. The molecule has 0 bridgehead atoms. The standard InChI is InChI=1S/C22H26N6O2S/c1-13-14(2)27-28-21-17(13)18-19(31-21)20(26-12-25-18)24-11-15-6-7-16(23-10-15)29-8-9-30-22(3,4)5/h6-7,10,12H,8-9,11H2,1-5H3,(H,24,25,26). The van der Waals surface area contributed by atoms with Crippen LogP contribution in [0.2, 0.25) is 0 Å². The van der Waals surface area contributed by atoms with E-state index in [-0.39, 0.29) is 5.60 Å². The van der Waals surface area contributed by atoms with E-state index in [4.69, 9.17) is 9.47 Å². The SMILES string of the molecule is Cc1nnc2sc3c(NCc4ccc(OCCOC(C)(C)C)nc4)ncnc3c2c1C. The first-order valence-corrected chi connectivity index (χ1v) is 11.0. The highest BCUT2D eigenvalue weighted by Gasteiger charge is 2.16. The number of aromatic nitrogens is 5. The molecular formula is C22H26N6O2S. The van der Waals surface area contributed by atoms with Gasteiger partial charge in [0.2, 0.25) is 5.88 Å². The second-order valence-electron chi connectivity index (χ2n) is 8.26. The van der Waals surface area contributed by atoms with Gasteiger partial charge in [-0.05, 0) is 45.7 Å². The highest BCUT2D eigenvalue weighted by Crippen LogP contribution is 2.36. The molecular weight excluding hydrogens is 412 g/mol. The zero-order valence-corrected chi connectivity index (χ0v) is 19.2. The highest BCUT2D eigenvalue weighted by molar-refractivity contribution is 7.25. The maximum atomic E-state index is 5.65. The van der Waals surface area contributed by atoms with Crippen molar-refractivity contribution >= 4 is 37.6 Å². The molecule has 4 heterocycles. The van der Waals surface area contributed by atoms with Crippen molar-refractivity contribution in [1.29, 1.82) is 0 Å². The number of nitrogens with zero attached hydrogens (tertiary/aromatic N) is 5.